The molecule has 1 aromatic rings. The average Bonchev–Trinajstić information content (AvgIpc) is 2.33. The molecule has 4 heteroatoms. The smallest absolute Gasteiger partial charge is 0.139 e. The Balaban J connectivity index is 2.27. The minimum absolute atomic E-state index is 0.255. The molecule has 100 valence electrons. The van der Waals surface area contributed by atoms with Crippen LogP contribution in [0.5, 0.6) is 0 Å². The van der Waals surface area contributed by atoms with Crippen LogP contribution in [0.3, 0.4) is 0 Å². The predicted molar refractivity (Wildman–Crippen MR) is 78.3 cm³/mol. The van der Waals surface area contributed by atoms with E-state index in [4.69, 9.17) is 5.73 Å². The minimum atomic E-state index is -0.255. The van der Waals surface area contributed by atoms with Crippen molar-refractivity contribution in [3.05, 3.63) is 22.4 Å². The lowest BCUT2D eigenvalue weighted by molar-refractivity contribution is 0.321. The van der Waals surface area contributed by atoms with Gasteiger partial charge in [-0.05, 0) is 40.8 Å². The van der Waals surface area contributed by atoms with Gasteiger partial charge >= 0.3 is 0 Å². The van der Waals surface area contributed by atoms with Gasteiger partial charge < -0.3 is 10.6 Å². The average molecular weight is 315 g/mol. The summed E-state index contributed by atoms with van der Waals surface area (Å²) >= 11 is 3.16. The van der Waals surface area contributed by atoms with Gasteiger partial charge in [-0.25, -0.2) is 4.39 Å². The Bertz CT molecular complexity index is 436. The molecule has 1 fully saturated rings. The molecule has 2 nitrogen and oxygen atoms in total. The van der Waals surface area contributed by atoms with E-state index in [1.165, 1.54) is 25.3 Å². The third-order valence-corrected chi connectivity index (χ3v) is 4.62. The maximum Gasteiger partial charge on any atom is 0.139 e. The zero-order valence-corrected chi connectivity index (χ0v) is 12.5. The summed E-state index contributed by atoms with van der Waals surface area (Å²) in [6.07, 6.45) is 4.96. The molecule has 2 unspecified atom stereocenters. The van der Waals surface area contributed by atoms with E-state index in [-0.39, 0.29) is 5.82 Å². The SMILES string of the molecule is CC1CCCCC1N(C)c1cc(F)c(Br)cc1N. The highest BCUT2D eigenvalue weighted by atomic mass is 79.9. The Morgan fingerprint density at radius 1 is 1.33 bits per heavy atom. The second-order valence-corrected chi connectivity index (χ2v) is 6.12. The molecule has 2 rings (SSSR count). The second-order valence-electron chi connectivity index (χ2n) is 5.27. The quantitative estimate of drug-likeness (QED) is 0.829. The number of nitrogens with two attached hydrogens (primary N) is 1. The first kappa shape index (κ1) is 13.7. The van der Waals surface area contributed by atoms with Gasteiger partial charge in [-0.2, -0.15) is 0 Å². The molecule has 1 saturated carbocycles. The summed E-state index contributed by atoms with van der Waals surface area (Å²) in [5.41, 5.74) is 7.43. The van der Waals surface area contributed by atoms with Gasteiger partial charge in [0.05, 0.1) is 15.8 Å². The number of rotatable bonds is 2. The molecule has 2 N–H and O–H groups in total. The molecular weight excluding hydrogens is 295 g/mol. The van der Waals surface area contributed by atoms with Crippen LogP contribution in [0.1, 0.15) is 32.6 Å². The molecule has 0 heterocycles. The summed E-state index contributed by atoms with van der Waals surface area (Å²) in [6.45, 7) is 2.27. The van der Waals surface area contributed by atoms with Crippen LogP contribution in [0.25, 0.3) is 0 Å². The molecule has 2 atom stereocenters. The van der Waals surface area contributed by atoms with Crippen LogP contribution in [0.15, 0.2) is 16.6 Å². The first-order valence-electron chi connectivity index (χ1n) is 6.48. The van der Waals surface area contributed by atoms with Crippen molar-refractivity contribution in [3.8, 4) is 0 Å². The highest BCUT2D eigenvalue weighted by molar-refractivity contribution is 9.10. The number of nitrogen functional groups attached to an aromatic ring is 1. The molecule has 1 aliphatic carbocycles. The third-order valence-electron chi connectivity index (χ3n) is 4.01. The summed E-state index contributed by atoms with van der Waals surface area (Å²) in [5.74, 6) is 0.379. The zero-order chi connectivity index (χ0) is 13.3. The number of halogens is 2. The zero-order valence-electron chi connectivity index (χ0n) is 10.9. The van der Waals surface area contributed by atoms with E-state index >= 15 is 0 Å². The lowest BCUT2D eigenvalue weighted by Gasteiger charge is -2.38. The molecule has 0 amide bonds. The van der Waals surface area contributed by atoms with Gasteiger partial charge in [-0.1, -0.05) is 19.8 Å². The Labute approximate surface area is 116 Å². The van der Waals surface area contributed by atoms with E-state index in [1.54, 1.807) is 6.07 Å². The summed E-state index contributed by atoms with van der Waals surface area (Å²) in [5, 5.41) is 0. The lowest BCUT2D eigenvalue weighted by Crippen LogP contribution is -2.39. The van der Waals surface area contributed by atoms with E-state index in [0.29, 0.717) is 22.1 Å². The van der Waals surface area contributed by atoms with Crippen molar-refractivity contribution in [2.24, 2.45) is 5.92 Å². The van der Waals surface area contributed by atoms with Gasteiger partial charge in [0.2, 0.25) is 0 Å². The van der Waals surface area contributed by atoms with E-state index in [1.807, 2.05) is 7.05 Å². The van der Waals surface area contributed by atoms with Crippen LogP contribution in [-0.2, 0) is 0 Å². The van der Waals surface area contributed by atoms with Crippen molar-refractivity contribution in [1.29, 1.82) is 0 Å². The van der Waals surface area contributed by atoms with Gasteiger partial charge in [-0.3, -0.25) is 0 Å². The highest BCUT2D eigenvalue weighted by Crippen LogP contribution is 2.35. The number of hydrogen-bond acceptors (Lipinski definition) is 2. The molecule has 0 bridgehead atoms. The molecule has 1 aromatic carbocycles. The van der Waals surface area contributed by atoms with E-state index < -0.39 is 0 Å². The molecular formula is C14H20BrFN2. The van der Waals surface area contributed by atoms with Crippen LogP contribution < -0.4 is 10.6 Å². The third kappa shape index (κ3) is 2.63. The maximum atomic E-state index is 13.7. The first-order chi connectivity index (χ1) is 8.50. The molecule has 0 saturated heterocycles. The lowest BCUT2D eigenvalue weighted by atomic mass is 9.85. The van der Waals surface area contributed by atoms with Gasteiger partial charge in [0, 0.05) is 19.2 Å². The van der Waals surface area contributed by atoms with Crippen molar-refractivity contribution in [2.45, 2.75) is 38.6 Å². The fraction of sp³-hybridized carbons (Fsp3) is 0.571. The van der Waals surface area contributed by atoms with E-state index in [2.05, 4.69) is 27.8 Å². The van der Waals surface area contributed by atoms with E-state index in [0.717, 1.165) is 12.1 Å². The van der Waals surface area contributed by atoms with Gasteiger partial charge in [-0.15, -0.1) is 0 Å². The Kier molecular flexibility index (Phi) is 4.15. The standard InChI is InChI=1S/C14H20BrFN2/c1-9-5-3-4-6-13(9)18(2)14-8-11(16)10(15)7-12(14)17/h7-9,13H,3-6,17H2,1-2H3. The number of hydrogen-bond donors (Lipinski definition) is 1. The van der Waals surface area contributed by atoms with Crippen LogP contribution in [0.4, 0.5) is 15.8 Å². The van der Waals surface area contributed by atoms with Crippen molar-refractivity contribution < 1.29 is 4.39 Å². The Morgan fingerprint density at radius 3 is 2.67 bits per heavy atom. The van der Waals surface area contributed by atoms with Crippen molar-refractivity contribution in [1.82, 2.24) is 0 Å². The van der Waals surface area contributed by atoms with Crippen molar-refractivity contribution in [3.63, 3.8) is 0 Å². The van der Waals surface area contributed by atoms with Gasteiger partial charge in [0.15, 0.2) is 0 Å². The first-order valence-corrected chi connectivity index (χ1v) is 7.27. The van der Waals surface area contributed by atoms with Gasteiger partial charge in [0.1, 0.15) is 5.82 Å². The van der Waals surface area contributed by atoms with Crippen LogP contribution in [0, 0.1) is 11.7 Å². The van der Waals surface area contributed by atoms with Crippen LogP contribution >= 0.6 is 15.9 Å². The summed E-state index contributed by atoms with van der Waals surface area (Å²) in [7, 11) is 2.02. The molecule has 18 heavy (non-hydrogen) atoms. The highest BCUT2D eigenvalue weighted by Gasteiger charge is 2.26. The fourth-order valence-electron chi connectivity index (χ4n) is 2.91. The number of nitrogens with zero attached hydrogens (tertiary/aromatic N) is 1. The van der Waals surface area contributed by atoms with Crippen LogP contribution in [-0.4, -0.2) is 13.1 Å². The van der Waals surface area contributed by atoms with E-state index in [9.17, 15) is 4.39 Å². The Morgan fingerprint density at radius 2 is 2.00 bits per heavy atom. The molecule has 0 spiro atoms. The minimum Gasteiger partial charge on any atom is -0.397 e. The van der Waals surface area contributed by atoms with Gasteiger partial charge in [0.25, 0.3) is 0 Å². The molecule has 0 aliphatic heterocycles. The maximum absolute atomic E-state index is 13.7. The summed E-state index contributed by atoms with van der Waals surface area (Å²) < 4.78 is 14.1. The fourth-order valence-corrected chi connectivity index (χ4v) is 3.27. The van der Waals surface area contributed by atoms with Crippen LogP contribution in [0.2, 0.25) is 0 Å². The summed E-state index contributed by atoms with van der Waals surface area (Å²) in [4.78, 5) is 2.15. The largest absolute Gasteiger partial charge is 0.397 e. The molecule has 0 radical (unpaired) electrons. The monoisotopic (exact) mass is 314 g/mol. The second kappa shape index (κ2) is 5.47. The summed E-state index contributed by atoms with van der Waals surface area (Å²) in [6, 6.07) is 3.64. The Hall–Kier alpha value is -0.770. The van der Waals surface area contributed by atoms with Crippen molar-refractivity contribution in [2.75, 3.05) is 17.7 Å². The molecule has 0 aromatic heterocycles. The molecule has 1 aliphatic rings. The number of anilines is 2. The predicted octanol–water partition coefficient (Wildman–Crippen LogP) is 4.19. The topological polar surface area (TPSA) is 29.3 Å². The number of benzene rings is 1. The van der Waals surface area contributed by atoms with Crippen molar-refractivity contribution >= 4 is 27.3 Å². The normalized spacial score (nSPS) is 24.0.